The molecule has 162 valence electrons. The summed E-state index contributed by atoms with van der Waals surface area (Å²) in [5.74, 6) is 0.887. The molecule has 3 N–H and O–H groups in total. The molecule has 2 aromatic carbocycles. The maximum absolute atomic E-state index is 9.23. The Morgan fingerprint density at radius 2 is 1.97 bits per heavy atom. The van der Waals surface area contributed by atoms with Gasteiger partial charge in [0.1, 0.15) is 12.4 Å². The minimum absolute atomic E-state index is 0.0613. The number of nitrogens with zero attached hydrogens (tertiary/aromatic N) is 2. The van der Waals surface area contributed by atoms with E-state index < -0.39 is 0 Å². The zero-order valence-corrected chi connectivity index (χ0v) is 18.1. The molecule has 1 heterocycles. The molecule has 6 heteroatoms. The maximum Gasteiger partial charge on any atom is 0.159 e. The van der Waals surface area contributed by atoms with Gasteiger partial charge in [-0.3, -0.25) is 5.32 Å². The fourth-order valence-corrected chi connectivity index (χ4v) is 3.53. The monoisotopic (exact) mass is 410 g/mol. The highest BCUT2D eigenvalue weighted by Gasteiger charge is 2.19. The van der Waals surface area contributed by atoms with E-state index in [-0.39, 0.29) is 12.9 Å². The van der Waals surface area contributed by atoms with Crippen LogP contribution in [0.5, 0.6) is 5.75 Å². The molecule has 6 nitrogen and oxygen atoms in total. The van der Waals surface area contributed by atoms with E-state index in [0.29, 0.717) is 13.0 Å². The summed E-state index contributed by atoms with van der Waals surface area (Å²) in [5.41, 5.74) is 3.23. The lowest BCUT2D eigenvalue weighted by Crippen LogP contribution is -2.51. The Morgan fingerprint density at radius 1 is 1.17 bits per heavy atom. The van der Waals surface area contributed by atoms with Crippen molar-refractivity contribution in [3.05, 3.63) is 66.4 Å². The summed E-state index contributed by atoms with van der Waals surface area (Å²) in [6, 6.07) is 16.4. The molecule has 2 aromatic rings. The number of hydrogen-bond acceptors (Lipinski definition) is 6. The molecule has 0 radical (unpaired) electrons. The molecule has 30 heavy (non-hydrogen) atoms. The molecule has 0 aromatic heterocycles. The molecular weight excluding hydrogens is 376 g/mol. The fourth-order valence-electron chi connectivity index (χ4n) is 3.53. The standard InChI is InChI=1S/C24H34N4O2/c1-3-27(4-2)16-18-30-23-11-9-21(10-12-23)26-24-25-14-6-15-28(24)22-8-5-7-20(19-22)13-17-29/h5-12,15,19,24-26,29H,3-4,13-14,16-18H2,1-2H3. The lowest BCUT2D eigenvalue weighted by atomic mass is 10.1. The average Bonchev–Trinajstić information content (AvgIpc) is 2.79. The number of benzene rings is 2. The molecule has 0 saturated heterocycles. The van der Waals surface area contributed by atoms with Crippen molar-refractivity contribution < 1.29 is 9.84 Å². The molecular formula is C24H34N4O2. The zero-order chi connectivity index (χ0) is 21.2. The van der Waals surface area contributed by atoms with Gasteiger partial charge < -0.3 is 25.0 Å². The largest absolute Gasteiger partial charge is 0.492 e. The maximum atomic E-state index is 9.23. The van der Waals surface area contributed by atoms with Gasteiger partial charge in [0.05, 0.1) is 0 Å². The highest BCUT2D eigenvalue weighted by atomic mass is 16.5. The van der Waals surface area contributed by atoms with Crippen LogP contribution in [-0.4, -0.2) is 55.7 Å². The number of aliphatic hydroxyl groups excluding tert-OH is 1. The third-order valence-corrected chi connectivity index (χ3v) is 5.31. The van der Waals surface area contributed by atoms with Gasteiger partial charge in [0, 0.05) is 37.3 Å². The predicted octanol–water partition coefficient (Wildman–Crippen LogP) is 3.26. The van der Waals surface area contributed by atoms with Crippen LogP contribution in [0, 0.1) is 0 Å². The lowest BCUT2D eigenvalue weighted by Gasteiger charge is -2.35. The van der Waals surface area contributed by atoms with Gasteiger partial charge in [0.15, 0.2) is 6.29 Å². The first-order valence-corrected chi connectivity index (χ1v) is 10.8. The van der Waals surface area contributed by atoms with Crippen LogP contribution in [0.4, 0.5) is 11.4 Å². The van der Waals surface area contributed by atoms with E-state index in [1.807, 2.05) is 36.4 Å². The quantitative estimate of drug-likeness (QED) is 0.529. The van der Waals surface area contributed by atoms with E-state index in [4.69, 9.17) is 4.74 Å². The van der Waals surface area contributed by atoms with Gasteiger partial charge in [0.2, 0.25) is 0 Å². The van der Waals surface area contributed by atoms with Crippen molar-refractivity contribution in [2.45, 2.75) is 26.6 Å². The number of ether oxygens (including phenoxy) is 1. The van der Waals surface area contributed by atoms with E-state index in [9.17, 15) is 5.11 Å². The summed E-state index contributed by atoms with van der Waals surface area (Å²) in [7, 11) is 0. The molecule has 0 amide bonds. The Kier molecular flexibility index (Phi) is 8.56. The van der Waals surface area contributed by atoms with Gasteiger partial charge in [-0.1, -0.05) is 32.1 Å². The second kappa shape index (κ2) is 11.6. The molecule has 1 unspecified atom stereocenters. The first-order chi connectivity index (χ1) is 14.7. The number of anilines is 2. The van der Waals surface area contributed by atoms with Crippen molar-refractivity contribution in [2.24, 2.45) is 0 Å². The number of rotatable bonds is 11. The first kappa shape index (κ1) is 22.2. The summed E-state index contributed by atoms with van der Waals surface area (Å²) in [5, 5.41) is 16.3. The average molecular weight is 411 g/mol. The van der Waals surface area contributed by atoms with Crippen LogP contribution < -0.4 is 20.3 Å². The number of nitrogens with one attached hydrogen (secondary N) is 2. The topological polar surface area (TPSA) is 60.0 Å². The summed E-state index contributed by atoms with van der Waals surface area (Å²) in [6.45, 7) is 9.03. The predicted molar refractivity (Wildman–Crippen MR) is 124 cm³/mol. The Bertz CT molecular complexity index is 790. The molecule has 0 fully saturated rings. The van der Waals surface area contributed by atoms with E-state index >= 15 is 0 Å². The Labute approximate surface area is 180 Å². The van der Waals surface area contributed by atoms with Crippen LogP contribution in [0.3, 0.4) is 0 Å². The van der Waals surface area contributed by atoms with E-state index in [0.717, 1.165) is 48.9 Å². The summed E-state index contributed by atoms with van der Waals surface area (Å²) in [4.78, 5) is 4.52. The van der Waals surface area contributed by atoms with Crippen LogP contribution in [0.15, 0.2) is 60.8 Å². The molecule has 0 aliphatic carbocycles. The van der Waals surface area contributed by atoms with Gasteiger partial charge >= 0.3 is 0 Å². The Balaban J connectivity index is 1.60. The second-order valence-electron chi connectivity index (χ2n) is 7.29. The highest BCUT2D eigenvalue weighted by molar-refractivity contribution is 5.56. The highest BCUT2D eigenvalue weighted by Crippen LogP contribution is 2.23. The van der Waals surface area contributed by atoms with Gasteiger partial charge in [-0.2, -0.15) is 0 Å². The van der Waals surface area contributed by atoms with Crippen LogP contribution >= 0.6 is 0 Å². The SMILES string of the molecule is CCN(CC)CCOc1ccc(NC2NCC=CN2c2cccc(CCO)c2)cc1. The number of aliphatic hydroxyl groups is 1. The van der Waals surface area contributed by atoms with Crippen molar-refractivity contribution >= 4 is 11.4 Å². The zero-order valence-electron chi connectivity index (χ0n) is 18.1. The smallest absolute Gasteiger partial charge is 0.159 e. The molecule has 3 rings (SSSR count). The molecule has 0 bridgehead atoms. The number of hydrogen-bond donors (Lipinski definition) is 3. The molecule has 0 saturated carbocycles. The van der Waals surface area contributed by atoms with Crippen LogP contribution in [0.2, 0.25) is 0 Å². The van der Waals surface area contributed by atoms with Gasteiger partial charge in [-0.15, -0.1) is 0 Å². The lowest BCUT2D eigenvalue weighted by molar-refractivity contribution is 0.223. The van der Waals surface area contributed by atoms with Crippen molar-refractivity contribution in [3.63, 3.8) is 0 Å². The second-order valence-corrected chi connectivity index (χ2v) is 7.29. The van der Waals surface area contributed by atoms with Crippen molar-refractivity contribution in [3.8, 4) is 5.75 Å². The third-order valence-electron chi connectivity index (χ3n) is 5.31. The summed E-state index contributed by atoms with van der Waals surface area (Å²) < 4.78 is 5.88. The summed E-state index contributed by atoms with van der Waals surface area (Å²) >= 11 is 0. The van der Waals surface area contributed by atoms with Crippen molar-refractivity contribution in [1.82, 2.24) is 10.2 Å². The van der Waals surface area contributed by atoms with Crippen LogP contribution in [0.25, 0.3) is 0 Å². The molecule has 1 atom stereocenters. The third kappa shape index (κ3) is 6.23. The molecule has 1 aliphatic heterocycles. The first-order valence-electron chi connectivity index (χ1n) is 10.8. The minimum atomic E-state index is -0.0613. The van der Waals surface area contributed by atoms with E-state index in [2.05, 4.69) is 58.7 Å². The molecule has 1 aliphatic rings. The van der Waals surface area contributed by atoms with Gasteiger partial charge in [-0.25, -0.2) is 0 Å². The van der Waals surface area contributed by atoms with E-state index in [1.165, 1.54) is 0 Å². The van der Waals surface area contributed by atoms with Crippen LogP contribution in [-0.2, 0) is 6.42 Å². The van der Waals surface area contributed by atoms with Crippen molar-refractivity contribution in [1.29, 1.82) is 0 Å². The minimum Gasteiger partial charge on any atom is -0.492 e. The molecule has 0 spiro atoms. The van der Waals surface area contributed by atoms with Gasteiger partial charge in [-0.05, 0) is 61.5 Å². The summed E-state index contributed by atoms with van der Waals surface area (Å²) in [6.07, 6.45) is 4.79. The Hall–Kier alpha value is -2.54. The van der Waals surface area contributed by atoms with Gasteiger partial charge in [0.25, 0.3) is 0 Å². The van der Waals surface area contributed by atoms with Crippen LogP contribution in [0.1, 0.15) is 19.4 Å². The Morgan fingerprint density at radius 3 is 2.70 bits per heavy atom. The van der Waals surface area contributed by atoms with E-state index in [1.54, 1.807) is 0 Å². The van der Waals surface area contributed by atoms with Crippen molar-refractivity contribution in [2.75, 3.05) is 49.6 Å². The number of likely N-dealkylation sites (N-methyl/N-ethyl adjacent to an activating group) is 1. The normalized spacial score (nSPS) is 16.1. The fraction of sp³-hybridized carbons (Fsp3) is 0.417.